The van der Waals surface area contributed by atoms with Crippen LogP contribution < -0.4 is 0 Å². The molecule has 3 rings (SSSR count). The summed E-state index contributed by atoms with van der Waals surface area (Å²) < 4.78 is 0. The maximum absolute atomic E-state index is 2.37. The molecule has 0 unspecified atom stereocenters. The Balaban J connectivity index is 2.23. The predicted molar refractivity (Wildman–Crippen MR) is 87.9 cm³/mol. The molecule has 0 fully saturated rings. The van der Waals surface area contributed by atoms with Gasteiger partial charge in [-0.25, -0.2) is 0 Å². The fourth-order valence-corrected chi connectivity index (χ4v) is 3.17. The van der Waals surface area contributed by atoms with E-state index in [1.165, 1.54) is 33.4 Å². The first-order valence-electron chi connectivity index (χ1n) is 7.36. The summed E-state index contributed by atoms with van der Waals surface area (Å²) in [7, 11) is 0. The zero-order valence-electron chi connectivity index (χ0n) is 12.8. The highest BCUT2D eigenvalue weighted by atomic mass is 14.3. The Morgan fingerprint density at radius 2 is 1.60 bits per heavy atom. The molecule has 0 nitrogen and oxygen atoms in total. The molecule has 0 saturated heterocycles. The van der Waals surface area contributed by atoms with Gasteiger partial charge in [0.05, 0.1) is 0 Å². The van der Waals surface area contributed by atoms with E-state index in [1.807, 2.05) is 0 Å². The molecular weight excluding hydrogens is 240 g/mol. The van der Waals surface area contributed by atoms with Gasteiger partial charge in [0.2, 0.25) is 0 Å². The molecule has 0 saturated carbocycles. The third-order valence-electron chi connectivity index (χ3n) is 4.10. The van der Waals surface area contributed by atoms with Crippen molar-refractivity contribution < 1.29 is 0 Å². The second-order valence-electron chi connectivity index (χ2n) is 6.84. The maximum atomic E-state index is 2.37. The average Bonchev–Trinajstić information content (AvgIpc) is 2.78. The minimum Gasteiger partial charge on any atom is -0.0683 e. The molecule has 0 bridgehead atoms. The molecule has 0 N–H and O–H groups in total. The fourth-order valence-electron chi connectivity index (χ4n) is 3.17. The largest absolute Gasteiger partial charge is 0.0683 e. The van der Waals surface area contributed by atoms with Crippen LogP contribution in [0.3, 0.4) is 0 Å². The molecule has 0 atom stereocenters. The number of fused-ring (bicyclic) bond motifs is 1. The summed E-state index contributed by atoms with van der Waals surface area (Å²) in [5.41, 5.74) is 8.80. The van der Waals surface area contributed by atoms with Gasteiger partial charge in [0.25, 0.3) is 0 Å². The zero-order chi connectivity index (χ0) is 14.3. The minimum atomic E-state index is 0.206. The van der Waals surface area contributed by atoms with Crippen LogP contribution in [-0.4, -0.2) is 0 Å². The highest BCUT2D eigenvalue weighted by Crippen LogP contribution is 2.39. The van der Waals surface area contributed by atoms with Crippen LogP contribution in [0.1, 0.15) is 44.4 Å². The van der Waals surface area contributed by atoms with E-state index in [9.17, 15) is 0 Å². The highest BCUT2D eigenvalue weighted by molar-refractivity contribution is 5.81. The van der Waals surface area contributed by atoms with E-state index in [0.717, 1.165) is 6.42 Å². The van der Waals surface area contributed by atoms with E-state index in [-0.39, 0.29) is 5.41 Å². The summed E-state index contributed by atoms with van der Waals surface area (Å²) in [4.78, 5) is 0. The lowest BCUT2D eigenvalue weighted by atomic mass is 9.80. The summed E-state index contributed by atoms with van der Waals surface area (Å²) in [6.45, 7) is 9.15. The molecule has 0 aliphatic heterocycles. The van der Waals surface area contributed by atoms with Gasteiger partial charge in [0.15, 0.2) is 0 Å². The van der Waals surface area contributed by atoms with Crippen molar-refractivity contribution in [3.63, 3.8) is 0 Å². The van der Waals surface area contributed by atoms with E-state index >= 15 is 0 Å². The Morgan fingerprint density at radius 3 is 2.25 bits per heavy atom. The van der Waals surface area contributed by atoms with Crippen LogP contribution in [0.4, 0.5) is 0 Å². The molecule has 2 aromatic carbocycles. The topological polar surface area (TPSA) is 0 Å². The van der Waals surface area contributed by atoms with Crippen LogP contribution in [0, 0.1) is 0 Å². The molecule has 0 spiro atoms. The van der Waals surface area contributed by atoms with E-state index in [4.69, 9.17) is 0 Å². The molecule has 20 heavy (non-hydrogen) atoms. The van der Waals surface area contributed by atoms with Gasteiger partial charge >= 0.3 is 0 Å². The van der Waals surface area contributed by atoms with Crippen LogP contribution in [-0.2, 0) is 11.8 Å². The van der Waals surface area contributed by atoms with Gasteiger partial charge in [0, 0.05) is 0 Å². The van der Waals surface area contributed by atoms with Crippen LogP contribution in [0.5, 0.6) is 0 Å². The SMILES string of the molecule is CC1=Cc2c(-c3ccccc3)ccc(C(C)(C)C)c2C1. The monoisotopic (exact) mass is 262 g/mol. The first-order valence-corrected chi connectivity index (χ1v) is 7.36. The Labute approximate surface area is 122 Å². The molecule has 0 heterocycles. The van der Waals surface area contributed by atoms with Gasteiger partial charge < -0.3 is 0 Å². The number of hydrogen-bond acceptors (Lipinski definition) is 0. The molecule has 0 amide bonds. The summed E-state index contributed by atoms with van der Waals surface area (Å²) >= 11 is 0. The van der Waals surface area contributed by atoms with Crippen molar-refractivity contribution in [2.75, 3.05) is 0 Å². The maximum Gasteiger partial charge on any atom is -0.00574 e. The second kappa shape index (κ2) is 4.63. The van der Waals surface area contributed by atoms with Crippen molar-refractivity contribution in [1.82, 2.24) is 0 Å². The lowest BCUT2D eigenvalue weighted by Gasteiger charge is -2.24. The number of hydrogen-bond donors (Lipinski definition) is 0. The van der Waals surface area contributed by atoms with Crippen LogP contribution in [0.2, 0.25) is 0 Å². The minimum absolute atomic E-state index is 0.206. The molecule has 0 heteroatoms. The lowest BCUT2D eigenvalue weighted by molar-refractivity contribution is 0.584. The van der Waals surface area contributed by atoms with Crippen molar-refractivity contribution in [2.24, 2.45) is 0 Å². The van der Waals surface area contributed by atoms with Crippen molar-refractivity contribution in [1.29, 1.82) is 0 Å². The Kier molecular flexibility index (Phi) is 3.05. The highest BCUT2D eigenvalue weighted by Gasteiger charge is 2.24. The van der Waals surface area contributed by atoms with Gasteiger partial charge in [-0.2, -0.15) is 0 Å². The first kappa shape index (κ1) is 13.2. The first-order chi connectivity index (χ1) is 9.47. The molecule has 2 aromatic rings. The lowest BCUT2D eigenvalue weighted by Crippen LogP contribution is -2.14. The number of rotatable bonds is 1. The zero-order valence-corrected chi connectivity index (χ0v) is 12.8. The third kappa shape index (κ3) is 2.20. The van der Waals surface area contributed by atoms with Crippen LogP contribution >= 0.6 is 0 Å². The van der Waals surface area contributed by atoms with Crippen molar-refractivity contribution in [3.8, 4) is 11.1 Å². The quantitative estimate of drug-likeness (QED) is 0.626. The van der Waals surface area contributed by atoms with E-state index in [0.29, 0.717) is 0 Å². The Morgan fingerprint density at radius 1 is 0.900 bits per heavy atom. The summed E-state index contributed by atoms with van der Waals surface area (Å²) in [5, 5.41) is 0. The normalized spacial score (nSPS) is 14.1. The smallest absolute Gasteiger partial charge is 0.00574 e. The molecule has 1 aliphatic carbocycles. The standard InChI is InChI=1S/C20H22/c1-14-12-17-16(15-8-6-5-7-9-15)10-11-19(18(17)13-14)20(2,3)4/h5-12H,13H2,1-4H3. The molecule has 1 aliphatic rings. The van der Waals surface area contributed by atoms with Gasteiger partial charge in [-0.05, 0) is 46.6 Å². The van der Waals surface area contributed by atoms with Gasteiger partial charge in [-0.3, -0.25) is 0 Å². The molecule has 0 aromatic heterocycles. The van der Waals surface area contributed by atoms with Crippen molar-refractivity contribution in [3.05, 3.63) is 64.7 Å². The van der Waals surface area contributed by atoms with Crippen LogP contribution in [0.25, 0.3) is 17.2 Å². The fraction of sp³-hybridized carbons (Fsp3) is 0.300. The van der Waals surface area contributed by atoms with Gasteiger partial charge in [0.1, 0.15) is 0 Å². The van der Waals surface area contributed by atoms with E-state index in [1.54, 1.807) is 0 Å². The van der Waals surface area contributed by atoms with Crippen molar-refractivity contribution >= 4 is 6.08 Å². The average molecular weight is 262 g/mol. The third-order valence-corrected chi connectivity index (χ3v) is 4.10. The molecule has 102 valence electrons. The Hall–Kier alpha value is -1.82. The summed E-state index contributed by atoms with van der Waals surface area (Å²) in [5.74, 6) is 0. The number of allylic oxidation sites excluding steroid dienone is 1. The van der Waals surface area contributed by atoms with Crippen molar-refractivity contribution in [2.45, 2.75) is 39.5 Å². The predicted octanol–water partition coefficient (Wildman–Crippen LogP) is 5.61. The van der Waals surface area contributed by atoms with E-state index < -0.39 is 0 Å². The van der Waals surface area contributed by atoms with Crippen LogP contribution in [0.15, 0.2) is 48.0 Å². The molecular formula is C20H22. The van der Waals surface area contributed by atoms with Gasteiger partial charge in [-0.1, -0.05) is 74.9 Å². The molecule has 0 radical (unpaired) electrons. The second-order valence-corrected chi connectivity index (χ2v) is 6.84. The number of benzene rings is 2. The summed E-state index contributed by atoms with van der Waals surface area (Å²) in [6, 6.07) is 15.3. The Bertz CT molecular complexity index is 667. The summed E-state index contributed by atoms with van der Waals surface area (Å²) in [6.07, 6.45) is 3.47. The van der Waals surface area contributed by atoms with E-state index in [2.05, 4.69) is 76.2 Å². The van der Waals surface area contributed by atoms with Gasteiger partial charge in [-0.15, -0.1) is 0 Å².